The smallest absolute Gasteiger partial charge is 0.225 e. The SMILES string of the molecule is C[C@H]1CNC[C@](CCc2c(F)cccc2NC(=O)CC(c2ccc(F)cc2)c2ccc(F)cc2)(S(=O)(=O)c2ccccc2)N1. The monoisotopic (exact) mass is 621 g/mol. The summed E-state index contributed by atoms with van der Waals surface area (Å²) < 4.78 is 70.5. The minimum absolute atomic E-state index is 0.0229. The van der Waals surface area contributed by atoms with Crippen molar-refractivity contribution in [3.05, 3.63) is 131 Å². The second-order valence-electron chi connectivity index (χ2n) is 11.2. The van der Waals surface area contributed by atoms with E-state index >= 15 is 4.39 Å². The molecule has 0 radical (unpaired) electrons. The van der Waals surface area contributed by atoms with Crippen LogP contribution in [0.2, 0.25) is 0 Å². The first-order chi connectivity index (χ1) is 21.1. The van der Waals surface area contributed by atoms with Crippen LogP contribution in [0.25, 0.3) is 0 Å². The van der Waals surface area contributed by atoms with Gasteiger partial charge >= 0.3 is 0 Å². The Morgan fingerprint density at radius 3 is 2.09 bits per heavy atom. The van der Waals surface area contributed by atoms with Gasteiger partial charge < -0.3 is 10.6 Å². The summed E-state index contributed by atoms with van der Waals surface area (Å²) >= 11 is 0. The molecule has 0 bridgehead atoms. The Morgan fingerprint density at radius 2 is 1.50 bits per heavy atom. The number of carbonyl (C=O) groups is 1. The molecular formula is C34H34F3N3O3S. The summed E-state index contributed by atoms with van der Waals surface area (Å²) in [5.41, 5.74) is 1.73. The van der Waals surface area contributed by atoms with Gasteiger partial charge in [-0.2, -0.15) is 0 Å². The highest BCUT2D eigenvalue weighted by molar-refractivity contribution is 7.92. The first-order valence-electron chi connectivity index (χ1n) is 14.4. The third kappa shape index (κ3) is 6.88. The number of amides is 1. The maximum Gasteiger partial charge on any atom is 0.225 e. The maximum absolute atomic E-state index is 15.3. The average molecular weight is 622 g/mol. The summed E-state index contributed by atoms with van der Waals surface area (Å²) in [7, 11) is -3.90. The number of sulfone groups is 1. The van der Waals surface area contributed by atoms with Crippen molar-refractivity contribution in [1.29, 1.82) is 0 Å². The van der Waals surface area contributed by atoms with Gasteiger partial charge in [0.05, 0.1) is 4.90 Å². The Labute approximate surface area is 255 Å². The van der Waals surface area contributed by atoms with Crippen LogP contribution in [0.5, 0.6) is 0 Å². The predicted octanol–water partition coefficient (Wildman–Crippen LogP) is 5.95. The molecule has 0 spiro atoms. The molecule has 0 saturated carbocycles. The molecule has 10 heteroatoms. The van der Waals surface area contributed by atoms with Gasteiger partial charge in [-0.3, -0.25) is 10.1 Å². The van der Waals surface area contributed by atoms with Gasteiger partial charge in [-0.25, -0.2) is 21.6 Å². The third-order valence-corrected chi connectivity index (χ3v) is 10.4. The number of hydrogen-bond donors (Lipinski definition) is 3. The largest absolute Gasteiger partial charge is 0.326 e. The minimum atomic E-state index is -3.90. The van der Waals surface area contributed by atoms with Gasteiger partial charge in [-0.1, -0.05) is 48.5 Å². The van der Waals surface area contributed by atoms with E-state index in [1.807, 2.05) is 6.92 Å². The van der Waals surface area contributed by atoms with Gasteiger partial charge in [0, 0.05) is 42.7 Å². The van der Waals surface area contributed by atoms with Crippen LogP contribution < -0.4 is 16.0 Å². The highest BCUT2D eigenvalue weighted by Gasteiger charge is 2.47. The molecule has 1 aliphatic rings. The molecule has 0 aliphatic carbocycles. The normalized spacial score (nSPS) is 18.7. The van der Waals surface area contributed by atoms with E-state index in [1.165, 1.54) is 36.4 Å². The van der Waals surface area contributed by atoms with Gasteiger partial charge in [0.25, 0.3) is 0 Å². The second-order valence-corrected chi connectivity index (χ2v) is 13.4. The first-order valence-corrected chi connectivity index (χ1v) is 15.9. The number of hydrogen-bond acceptors (Lipinski definition) is 5. The van der Waals surface area contributed by atoms with Crippen LogP contribution in [0.4, 0.5) is 18.9 Å². The van der Waals surface area contributed by atoms with Crippen molar-refractivity contribution in [3.63, 3.8) is 0 Å². The maximum atomic E-state index is 15.3. The number of anilines is 1. The van der Waals surface area contributed by atoms with Crippen LogP contribution in [-0.4, -0.2) is 38.3 Å². The third-order valence-electron chi connectivity index (χ3n) is 8.04. The second kappa shape index (κ2) is 13.3. The summed E-state index contributed by atoms with van der Waals surface area (Å²) in [5, 5.41) is 9.29. The van der Waals surface area contributed by atoms with Crippen molar-refractivity contribution < 1.29 is 26.4 Å². The van der Waals surface area contributed by atoms with Crippen molar-refractivity contribution in [2.24, 2.45) is 0 Å². The lowest BCUT2D eigenvalue weighted by Crippen LogP contribution is -2.66. The summed E-state index contributed by atoms with van der Waals surface area (Å²) in [4.78, 5) is 12.2. The van der Waals surface area contributed by atoms with E-state index in [2.05, 4.69) is 16.0 Å². The number of benzene rings is 4. The van der Waals surface area contributed by atoms with Crippen LogP contribution in [-0.2, 0) is 21.1 Å². The predicted molar refractivity (Wildman–Crippen MR) is 164 cm³/mol. The molecule has 1 fully saturated rings. The fourth-order valence-corrected chi connectivity index (χ4v) is 7.78. The lowest BCUT2D eigenvalue weighted by molar-refractivity contribution is -0.116. The Balaban J connectivity index is 1.40. The molecule has 0 aromatic heterocycles. The van der Waals surface area contributed by atoms with Gasteiger partial charge in [-0.05, 0) is 79.4 Å². The fourth-order valence-electron chi connectivity index (χ4n) is 5.80. The molecule has 3 N–H and O–H groups in total. The molecule has 1 aliphatic heterocycles. The highest BCUT2D eigenvalue weighted by atomic mass is 32.2. The summed E-state index contributed by atoms with van der Waals surface area (Å²) in [6, 6.07) is 23.8. The molecular weight excluding hydrogens is 587 g/mol. The van der Waals surface area contributed by atoms with Crippen LogP contribution in [0.3, 0.4) is 0 Å². The molecule has 0 unspecified atom stereocenters. The van der Waals surface area contributed by atoms with Crippen molar-refractivity contribution in [3.8, 4) is 0 Å². The Morgan fingerprint density at radius 1 is 0.886 bits per heavy atom. The topological polar surface area (TPSA) is 87.3 Å². The molecule has 4 aromatic carbocycles. The minimum Gasteiger partial charge on any atom is -0.326 e. The number of halogens is 3. The van der Waals surface area contributed by atoms with Crippen LogP contribution >= 0.6 is 0 Å². The standard InChI is InChI=1S/C34H34F3N3O3S/c1-23-21-38-22-34(40-23,44(42,43)28-6-3-2-4-7-28)19-18-29-31(37)8-5-9-32(29)39-33(41)20-30(24-10-14-26(35)15-11-24)25-12-16-27(36)17-13-25/h2-17,23,30,38,40H,18-22H2,1H3,(H,39,41)/t23-,34-/m0/s1. The molecule has 2 atom stereocenters. The van der Waals surface area contributed by atoms with Gasteiger partial charge in [0.2, 0.25) is 5.91 Å². The van der Waals surface area contributed by atoms with E-state index in [0.717, 1.165) is 0 Å². The first kappa shape index (κ1) is 31.4. The van der Waals surface area contributed by atoms with Crippen molar-refractivity contribution >= 4 is 21.4 Å². The zero-order valence-electron chi connectivity index (χ0n) is 24.2. The zero-order chi connectivity index (χ0) is 31.3. The lowest BCUT2D eigenvalue weighted by Gasteiger charge is -2.41. The van der Waals surface area contributed by atoms with E-state index < -0.39 is 44.0 Å². The Bertz CT molecular complexity index is 1660. The molecule has 44 heavy (non-hydrogen) atoms. The quantitative estimate of drug-likeness (QED) is 0.204. The molecule has 4 aromatic rings. The van der Waals surface area contributed by atoms with Gasteiger partial charge in [0.15, 0.2) is 9.84 Å². The number of nitrogens with one attached hydrogen (secondary N) is 3. The van der Waals surface area contributed by atoms with Crippen LogP contribution in [0, 0.1) is 17.5 Å². The Hall–Kier alpha value is -3.99. The van der Waals surface area contributed by atoms with Crippen molar-refractivity contribution in [2.75, 3.05) is 18.4 Å². The van der Waals surface area contributed by atoms with Crippen molar-refractivity contribution in [2.45, 2.75) is 47.9 Å². The molecule has 6 nitrogen and oxygen atoms in total. The summed E-state index contributed by atoms with van der Waals surface area (Å²) in [5.74, 6) is -2.38. The summed E-state index contributed by atoms with van der Waals surface area (Å²) in [6.07, 6.45) is -0.0171. The molecule has 5 rings (SSSR count). The number of carbonyl (C=O) groups excluding carboxylic acids is 1. The highest BCUT2D eigenvalue weighted by Crippen LogP contribution is 2.33. The van der Waals surface area contributed by atoms with E-state index in [1.54, 1.807) is 60.7 Å². The lowest BCUT2D eigenvalue weighted by atomic mass is 9.88. The zero-order valence-corrected chi connectivity index (χ0v) is 25.0. The number of piperazine rings is 1. The molecule has 230 valence electrons. The average Bonchev–Trinajstić information content (AvgIpc) is 3.01. The van der Waals surface area contributed by atoms with E-state index in [0.29, 0.717) is 17.7 Å². The van der Waals surface area contributed by atoms with E-state index in [4.69, 9.17) is 0 Å². The molecule has 1 amide bonds. The van der Waals surface area contributed by atoms with Gasteiger partial charge in [-0.15, -0.1) is 0 Å². The van der Waals surface area contributed by atoms with E-state index in [-0.39, 0.29) is 48.0 Å². The summed E-state index contributed by atoms with van der Waals surface area (Å²) in [6.45, 7) is 2.59. The van der Waals surface area contributed by atoms with Crippen LogP contribution in [0.1, 0.15) is 42.4 Å². The molecule has 1 saturated heterocycles. The fraction of sp³-hybridized carbons (Fsp3) is 0.265. The van der Waals surface area contributed by atoms with Gasteiger partial charge in [0.1, 0.15) is 22.3 Å². The number of rotatable bonds is 10. The Kier molecular flexibility index (Phi) is 9.53. The molecule has 1 heterocycles. The van der Waals surface area contributed by atoms with Crippen LogP contribution in [0.15, 0.2) is 102 Å². The van der Waals surface area contributed by atoms with E-state index in [9.17, 15) is 22.0 Å². The van der Waals surface area contributed by atoms with Crippen molar-refractivity contribution in [1.82, 2.24) is 10.6 Å².